The quantitative estimate of drug-likeness (QED) is 0.223. The molecule has 1 saturated heterocycles. The lowest BCUT2D eigenvalue weighted by molar-refractivity contribution is -0.126. The largest absolute Gasteiger partial charge is 0.393 e. The first-order valence-electron chi connectivity index (χ1n) is 13.4. The number of likely N-dealkylation sites (N-methyl/N-ethyl adjacent to an activating group) is 1. The van der Waals surface area contributed by atoms with E-state index in [0.717, 1.165) is 66.8 Å². The Bertz CT molecular complexity index is 1200. The molecule has 1 aliphatic heterocycles. The summed E-state index contributed by atoms with van der Waals surface area (Å²) in [4.78, 5) is 34.5. The number of nitrogens with two attached hydrogens (primary N) is 3. The Labute approximate surface area is 224 Å². The third kappa shape index (κ3) is 5.92. The molecule has 1 fully saturated rings. The van der Waals surface area contributed by atoms with Gasteiger partial charge < -0.3 is 26.7 Å². The number of hydrogen-bond acceptors (Lipinski definition) is 8. The number of aryl methyl sites for hydroxylation is 2. The molecule has 1 aromatic carbocycles. The highest BCUT2D eigenvalue weighted by Gasteiger charge is 2.34. The molecule has 0 radical (unpaired) electrons. The van der Waals surface area contributed by atoms with Crippen molar-refractivity contribution in [2.75, 3.05) is 30.3 Å². The fraction of sp³-hybridized carbons (Fsp3) is 0.464. The van der Waals surface area contributed by atoms with Gasteiger partial charge in [-0.15, -0.1) is 0 Å². The number of carbonyl (C=O) groups is 2. The molecule has 1 aliphatic carbocycles. The molecule has 2 atom stereocenters. The smallest absolute Gasteiger partial charge is 0.269 e. The summed E-state index contributed by atoms with van der Waals surface area (Å²) in [6.07, 6.45) is 4.78. The molecule has 10 heteroatoms. The van der Waals surface area contributed by atoms with Gasteiger partial charge in [0.15, 0.2) is 0 Å². The molecule has 0 spiro atoms. The zero-order chi connectivity index (χ0) is 27.4. The summed E-state index contributed by atoms with van der Waals surface area (Å²) in [5.74, 6) is 6.43. The lowest BCUT2D eigenvalue weighted by atomic mass is 10.0. The molecule has 10 nitrogen and oxygen atoms in total. The van der Waals surface area contributed by atoms with Gasteiger partial charge in [-0.2, -0.15) is 0 Å². The average Bonchev–Trinajstić information content (AvgIpc) is 3.28. The Hall–Kier alpha value is -3.63. The molecule has 204 valence electrons. The van der Waals surface area contributed by atoms with Gasteiger partial charge in [0.05, 0.1) is 18.6 Å². The van der Waals surface area contributed by atoms with Crippen molar-refractivity contribution in [2.45, 2.75) is 65.1 Å². The van der Waals surface area contributed by atoms with Crippen molar-refractivity contribution >= 4 is 23.3 Å². The maximum absolute atomic E-state index is 13.1. The monoisotopic (exact) mass is 520 g/mol. The number of rotatable bonds is 9. The number of pyridine rings is 1. The van der Waals surface area contributed by atoms with E-state index in [4.69, 9.17) is 17.3 Å². The highest BCUT2D eigenvalue weighted by molar-refractivity contribution is 5.98. The van der Waals surface area contributed by atoms with Gasteiger partial charge in [-0.05, 0) is 67.6 Å². The number of amides is 2. The third-order valence-electron chi connectivity index (χ3n) is 7.44. The summed E-state index contributed by atoms with van der Waals surface area (Å²) < 4.78 is 0. The molecular weight excluding hydrogens is 480 g/mol. The molecule has 2 heterocycles. The minimum Gasteiger partial charge on any atom is -0.393 e. The Balaban J connectivity index is 1.35. The standard InChI is InChI=1S/C28H40N8O2/c1-4-6-24-28(38)36(14-13-34(24)5-2)20-9-7-19(8-10-20)16-35(31)17-21(29)27(37)33-23-12-11-22-26(23)18(3)15-25(30)32-22/h7-10,15,17,23-24H,4-6,11-14,16,29,31H2,1-3H3,(H2,30,32)(H,33,37)/b21-17-. The van der Waals surface area contributed by atoms with Crippen LogP contribution in [0.25, 0.3) is 0 Å². The number of nitrogen functional groups attached to an aromatic ring is 1. The maximum atomic E-state index is 13.1. The van der Waals surface area contributed by atoms with Crippen molar-refractivity contribution in [3.63, 3.8) is 0 Å². The van der Waals surface area contributed by atoms with Crippen LogP contribution < -0.4 is 27.5 Å². The van der Waals surface area contributed by atoms with Gasteiger partial charge in [-0.1, -0.05) is 32.4 Å². The number of nitrogens with one attached hydrogen (secondary N) is 1. The van der Waals surface area contributed by atoms with Crippen LogP contribution >= 0.6 is 0 Å². The molecule has 0 bridgehead atoms. The maximum Gasteiger partial charge on any atom is 0.269 e. The van der Waals surface area contributed by atoms with E-state index in [0.29, 0.717) is 18.9 Å². The van der Waals surface area contributed by atoms with Crippen molar-refractivity contribution < 1.29 is 9.59 Å². The number of piperazine rings is 1. The Kier molecular flexibility index (Phi) is 8.53. The van der Waals surface area contributed by atoms with E-state index in [9.17, 15) is 9.59 Å². The van der Waals surface area contributed by atoms with Gasteiger partial charge in [-0.3, -0.25) is 14.5 Å². The van der Waals surface area contributed by atoms with E-state index in [-0.39, 0.29) is 29.6 Å². The van der Waals surface area contributed by atoms with Crippen LogP contribution in [-0.4, -0.2) is 52.4 Å². The molecule has 38 heavy (non-hydrogen) atoms. The lowest BCUT2D eigenvalue weighted by Gasteiger charge is -2.40. The second-order valence-electron chi connectivity index (χ2n) is 10.1. The first-order valence-corrected chi connectivity index (χ1v) is 13.4. The van der Waals surface area contributed by atoms with Gasteiger partial charge >= 0.3 is 0 Å². The van der Waals surface area contributed by atoms with E-state index in [1.807, 2.05) is 42.2 Å². The van der Waals surface area contributed by atoms with Gasteiger partial charge in [-0.25, -0.2) is 10.8 Å². The van der Waals surface area contributed by atoms with E-state index >= 15 is 0 Å². The highest BCUT2D eigenvalue weighted by Crippen LogP contribution is 2.33. The van der Waals surface area contributed by atoms with Crippen LogP contribution in [0.5, 0.6) is 0 Å². The first kappa shape index (κ1) is 27.4. The molecule has 2 amide bonds. The number of anilines is 2. The summed E-state index contributed by atoms with van der Waals surface area (Å²) in [6.45, 7) is 8.97. The highest BCUT2D eigenvalue weighted by atomic mass is 16.2. The van der Waals surface area contributed by atoms with E-state index < -0.39 is 0 Å². The molecule has 2 aromatic rings. The summed E-state index contributed by atoms with van der Waals surface area (Å²) in [5, 5.41) is 4.39. The average molecular weight is 521 g/mol. The van der Waals surface area contributed by atoms with Crippen molar-refractivity contribution in [2.24, 2.45) is 11.6 Å². The second kappa shape index (κ2) is 11.8. The second-order valence-corrected chi connectivity index (χ2v) is 10.1. The fourth-order valence-corrected chi connectivity index (χ4v) is 5.57. The zero-order valence-corrected chi connectivity index (χ0v) is 22.6. The van der Waals surface area contributed by atoms with Crippen LogP contribution in [0, 0.1) is 6.92 Å². The lowest BCUT2D eigenvalue weighted by Crippen LogP contribution is -2.57. The van der Waals surface area contributed by atoms with Crippen molar-refractivity contribution in [1.29, 1.82) is 0 Å². The summed E-state index contributed by atoms with van der Waals surface area (Å²) in [6, 6.07) is 9.40. The number of hydrazine groups is 1. The van der Waals surface area contributed by atoms with Crippen LogP contribution in [0.15, 0.2) is 42.2 Å². The van der Waals surface area contributed by atoms with Gasteiger partial charge in [0, 0.05) is 30.7 Å². The van der Waals surface area contributed by atoms with Crippen LogP contribution in [-0.2, 0) is 22.6 Å². The van der Waals surface area contributed by atoms with Gasteiger partial charge in [0.2, 0.25) is 5.91 Å². The molecule has 2 unspecified atom stereocenters. The Morgan fingerprint density at radius 2 is 1.97 bits per heavy atom. The fourth-order valence-electron chi connectivity index (χ4n) is 5.57. The number of fused-ring (bicyclic) bond motifs is 1. The van der Waals surface area contributed by atoms with Gasteiger partial charge in [0.25, 0.3) is 5.91 Å². The number of benzene rings is 1. The first-order chi connectivity index (χ1) is 18.2. The molecule has 4 rings (SSSR count). The number of carbonyl (C=O) groups excluding carboxylic acids is 2. The van der Waals surface area contributed by atoms with E-state index in [1.165, 1.54) is 11.2 Å². The molecule has 7 N–H and O–H groups in total. The number of nitrogens with zero attached hydrogens (tertiary/aromatic N) is 4. The Morgan fingerprint density at radius 1 is 1.24 bits per heavy atom. The number of hydrogen-bond donors (Lipinski definition) is 4. The predicted octanol–water partition coefficient (Wildman–Crippen LogP) is 2.09. The van der Waals surface area contributed by atoms with Crippen molar-refractivity contribution in [3.05, 3.63) is 64.6 Å². The van der Waals surface area contributed by atoms with E-state index in [1.54, 1.807) is 0 Å². The van der Waals surface area contributed by atoms with Crippen LogP contribution in [0.1, 0.15) is 61.5 Å². The zero-order valence-electron chi connectivity index (χ0n) is 22.6. The summed E-state index contributed by atoms with van der Waals surface area (Å²) in [7, 11) is 0. The minimum atomic E-state index is -0.378. The molecule has 1 aromatic heterocycles. The molecule has 2 aliphatic rings. The van der Waals surface area contributed by atoms with Crippen molar-refractivity contribution in [3.8, 4) is 0 Å². The van der Waals surface area contributed by atoms with E-state index in [2.05, 4.69) is 29.0 Å². The molecular formula is C28H40N8O2. The Morgan fingerprint density at radius 3 is 2.66 bits per heavy atom. The number of aromatic nitrogens is 1. The topological polar surface area (TPSA) is 147 Å². The summed E-state index contributed by atoms with van der Waals surface area (Å²) in [5.41, 5.74) is 16.7. The third-order valence-corrected chi connectivity index (χ3v) is 7.44. The van der Waals surface area contributed by atoms with Gasteiger partial charge in [0.1, 0.15) is 11.5 Å². The normalized spacial score (nSPS) is 19.9. The van der Waals surface area contributed by atoms with Crippen molar-refractivity contribution in [1.82, 2.24) is 20.2 Å². The summed E-state index contributed by atoms with van der Waals surface area (Å²) >= 11 is 0. The SMILES string of the molecule is CCCC1C(=O)N(c2ccc(CN(N)/C=C(\N)C(=O)NC3CCc4nc(N)cc(C)c43)cc2)CCN1CC. The van der Waals surface area contributed by atoms with Crippen LogP contribution in [0.2, 0.25) is 0 Å². The minimum absolute atomic E-state index is 0.0278. The van der Waals surface area contributed by atoms with Crippen LogP contribution in [0.4, 0.5) is 11.5 Å². The predicted molar refractivity (Wildman–Crippen MR) is 149 cm³/mol. The molecule has 0 saturated carbocycles. The van der Waals surface area contributed by atoms with Crippen LogP contribution in [0.3, 0.4) is 0 Å².